The van der Waals surface area contributed by atoms with Crippen molar-refractivity contribution >= 4 is 11.8 Å². The van der Waals surface area contributed by atoms with Gasteiger partial charge in [0, 0.05) is 17.5 Å². The Hall–Kier alpha value is -1.83. The third-order valence-corrected chi connectivity index (χ3v) is 6.21. The van der Waals surface area contributed by atoms with Crippen LogP contribution < -0.4 is 5.56 Å². The molecule has 2 aromatic rings. The molecular weight excluding hydrogens is 363 g/mol. The number of hydrogen-bond donors (Lipinski definition) is 1. The van der Waals surface area contributed by atoms with Crippen molar-refractivity contribution in [3.63, 3.8) is 0 Å². The van der Waals surface area contributed by atoms with E-state index in [2.05, 4.69) is 15.0 Å². The van der Waals surface area contributed by atoms with E-state index in [1.165, 1.54) is 18.0 Å². The van der Waals surface area contributed by atoms with E-state index < -0.39 is 11.6 Å². The standard InChI is InChI=1S/C18H18F3N3OS/c1-10-5-8-22-14(17(6-7-17)18(19,20)21)12(10)9-26-16-23-13-4-2-3-11(13)15(25)24-16/h5,8H,2-4,6-7,9H2,1H3,(H,23,24,25). The molecule has 1 fully saturated rings. The Bertz CT molecular complexity index is 919. The molecule has 138 valence electrons. The zero-order chi connectivity index (χ0) is 18.5. The summed E-state index contributed by atoms with van der Waals surface area (Å²) in [6.45, 7) is 1.80. The van der Waals surface area contributed by atoms with Crippen molar-refractivity contribution in [2.24, 2.45) is 0 Å². The molecule has 4 nitrogen and oxygen atoms in total. The van der Waals surface area contributed by atoms with Gasteiger partial charge in [-0.15, -0.1) is 0 Å². The van der Waals surface area contributed by atoms with Gasteiger partial charge in [-0.25, -0.2) is 4.98 Å². The molecule has 0 bridgehead atoms. The molecule has 2 aliphatic rings. The highest BCUT2D eigenvalue weighted by Gasteiger charge is 2.65. The number of hydrogen-bond acceptors (Lipinski definition) is 4. The summed E-state index contributed by atoms with van der Waals surface area (Å²) in [6.07, 6.45) is -0.256. The third kappa shape index (κ3) is 2.84. The van der Waals surface area contributed by atoms with Crippen LogP contribution >= 0.6 is 11.8 Å². The summed E-state index contributed by atoms with van der Waals surface area (Å²) in [5.41, 5.74) is 1.10. The Balaban J connectivity index is 1.64. The van der Waals surface area contributed by atoms with Crippen molar-refractivity contribution in [2.75, 3.05) is 0 Å². The van der Waals surface area contributed by atoms with E-state index in [-0.39, 0.29) is 24.1 Å². The van der Waals surface area contributed by atoms with Gasteiger partial charge in [0.2, 0.25) is 0 Å². The smallest absolute Gasteiger partial charge is 0.301 e. The van der Waals surface area contributed by atoms with E-state index >= 15 is 0 Å². The second kappa shape index (κ2) is 6.11. The van der Waals surface area contributed by atoms with Gasteiger partial charge in [-0.05, 0) is 56.2 Å². The molecule has 1 saturated carbocycles. The van der Waals surface area contributed by atoms with Gasteiger partial charge >= 0.3 is 6.18 Å². The lowest BCUT2D eigenvalue weighted by Gasteiger charge is -2.22. The Morgan fingerprint density at radius 2 is 2.08 bits per heavy atom. The fourth-order valence-electron chi connectivity index (χ4n) is 3.59. The zero-order valence-corrected chi connectivity index (χ0v) is 15.1. The van der Waals surface area contributed by atoms with Gasteiger partial charge in [-0.2, -0.15) is 13.2 Å². The molecule has 1 N–H and O–H groups in total. The Morgan fingerprint density at radius 3 is 2.77 bits per heavy atom. The quantitative estimate of drug-likeness (QED) is 0.646. The van der Waals surface area contributed by atoms with Crippen LogP contribution in [0.25, 0.3) is 0 Å². The lowest BCUT2D eigenvalue weighted by Crippen LogP contribution is -2.31. The monoisotopic (exact) mass is 381 g/mol. The number of nitrogens with one attached hydrogen (secondary N) is 1. The number of halogens is 3. The Morgan fingerprint density at radius 1 is 1.31 bits per heavy atom. The second-order valence-corrected chi connectivity index (χ2v) is 7.94. The van der Waals surface area contributed by atoms with Crippen LogP contribution in [0.3, 0.4) is 0 Å². The number of H-pyrrole nitrogens is 1. The maximum atomic E-state index is 13.6. The van der Waals surface area contributed by atoms with Crippen LogP contribution in [0.15, 0.2) is 22.2 Å². The van der Waals surface area contributed by atoms with Crippen molar-refractivity contribution in [2.45, 2.75) is 61.5 Å². The normalized spacial score (nSPS) is 18.0. The summed E-state index contributed by atoms with van der Waals surface area (Å²) in [6, 6.07) is 1.73. The molecule has 4 rings (SSSR count). The topological polar surface area (TPSA) is 58.6 Å². The number of alkyl halides is 3. The van der Waals surface area contributed by atoms with E-state index in [9.17, 15) is 18.0 Å². The van der Waals surface area contributed by atoms with E-state index in [0.29, 0.717) is 16.5 Å². The van der Waals surface area contributed by atoms with E-state index in [1.807, 2.05) is 0 Å². The van der Waals surface area contributed by atoms with Crippen LogP contribution in [0.4, 0.5) is 13.2 Å². The number of aromatic nitrogens is 3. The lowest BCUT2D eigenvalue weighted by atomic mass is 9.94. The molecule has 26 heavy (non-hydrogen) atoms. The molecule has 0 atom stereocenters. The first-order chi connectivity index (χ1) is 12.3. The largest absolute Gasteiger partial charge is 0.399 e. The van der Waals surface area contributed by atoms with Crippen LogP contribution in [-0.4, -0.2) is 21.1 Å². The minimum Gasteiger partial charge on any atom is -0.301 e. The van der Waals surface area contributed by atoms with Crippen LogP contribution in [0.2, 0.25) is 0 Å². The van der Waals surface area contributed by atoms with Crippen molar-refractivity contribution in [1.29, 1.82) is 0 Å². The maximum absolute atomic E-state index is 13.6. The molecule has 2 aliphatic carbocycles. The van der Waals surface area contributed by atoms with Gasteiger partial charge in [0.25, 0.3) is 5.56 Å². The average molecular weight is 381 g/mol. The predicted octanol–water partition coefficient (Wildman–Crippen LogP) is 3.85. The molecule has 2 heterocycles. The van der Waals surface area contributed by atoms with Crippen LogP contribution in [0, 0.1) is 6.92 Å². The van der Waals surface area contributed by atoms with Gasteiger partial charge in [0.1, 0.15) is 5.41 Å². The minimum atomic E-state index is -4.30. The molecule has 8 heteroatoms. The highest BCUT2D eigenvalue weighted by atomic mass is 32.2. The molecule has 0 aliphatic heterocycles. The van der Waals surface area contributed by atoms with E-state index in [4.69, 9.17) is 0 Å². The summed E-state index contributed by atoms with van der Waals surface area (Å²) in [7, 11) is 0. The predicted molar refractivity (Wildman–Crippen MR) is 92.4 cm³/mol. The Kier molecular flexibility index (Phi) is 4.13. The average Bonchev–Trinajstić information content (AvgIpc) is 3.26. The third-order valence-electron chi connectivity index (χ3n) is 5.31. The number of aromatic amines is 1. The number of fused-ring (bicyclic) bond motifs is 1. The molecule has 0 spiro atoms. The van der Waals surface area contributed by atoms with Crippen LogP contribution in [0.5, 0.6) is 0 Å². The van der Waals surface area contributed by atoms with Gasteiger partial charge in [0.15, 0.2) is 5.16 Å². The highest BCUT2D eigenvalue weighted by Crippen LogP contribution is 2.59. The molecule has 2 aromatic heterocycles. The fraction of sp³-hybridized carbons (Fsp3) is 0.500. The summed E-state index contributed by atoms with van der Waals surface area (Å²) in [5.74, 6) is 0.300. The lowest BCUT2D eigenvalue weighted by molar-refractivity contribution is -0.161. The summed E-state index contributed by atoms with van der Waals surface area (Å²) in [4.78, 5) is 23.4. The number of pyridine rings is 1. The number of thioether (sulfide) groups is 1. The summed E-state index contributed by atoms with van der Waals surface area (Å²) >= 11 is 1.26. The zero-order valence-electron chi connectivity index (χ0n) is 14.2. The molecule has 0 aromatic carbocycles. The van der Waals surface area contributed by atoms with Gasteiger partial charge < -0.3 is 4.98 Å². The van der Waals surface area contributed by atoms with Crippen molar-refractivity contribution < 1.29 is 13.2 Å². The number of rotatable bonds is 4. The molecule has 0 amide bonds. The van der Waals surface area contributed by atoms with E-state index in [0.717, 1.165) is 36.1 Å². The first-order valence-corrected chi connectivity index (χ1v) is 9.57. The maximum Gasteiger partial charge on any atom is 0.399 e. The van der Waals surface area contributed by atoms with Crippen molar-refractivity contribution in [3.05, 3.63) is 50.7 Å². The van der Waals surface area contributed by atoms with Gasteiger partial charge in [-0.1, -0.05) is 11.8 Å². The van der Waals surface area contributed by atoms with Crippen molar-refractivity contribution in [3.8, 4) is 0 Å². The highest BCUT2D eigenvalue weighted by molar-refractivity contribution is 7.98. The van der Waals surface area contributed by atoms with Gasteiger partial charge in [0.05, 0.1) is 11.4 Å². The summed E-state index contributed by atoms with van der Waals surface area (Å²) < 4.78 is 40.7. The van der Waals surface area contributed by atoms with E-state index in [1.54, 1.807) is 13.0 Å². The van der Waals surface area contributed by atoms with Crippen molar-refractivity contribution in [1.82, 2.24) is 15.0 Å². The summed E-state index contributed by atoms with van der Waals surface area (Å²) in [5, 5.41) is 0.460. The Labute approximate surface area is 152 Å². The SMILES string of the molecule is Cc1ccnc(C2(C(F)(F)F)CC2)c1CSc1nc2c(c(=O)[nH]1)CCC2. The van der Waals surface area contributed by atoms with Gasteiger partial charge in [-0.3, -0.25) is 9.78 Å². The molecule has 0 radical (unpaired) electrons. The number of nitrogens with zero attached hydrogens (tertiary/aromatic N) is 2. The number of aryl methyl sites for hydroxylation is 2. The first-order valence-electron chi connectivity index (χ1n) is 8.58. The second-order valence-electron chi connectivity index (χ2n) is 6.97. The first kappa shape index (κ1) is 17.6. The molecular formula is C18H18F3N3OS. The molecule has 0 saturated heterocycles. The minimum absolute atomic E-state index is 0.0819. The molecule has 0 unspecified atom stereocenters. The fourth-order valence-corrected chi connectivity index (χ4v) is 4.58. The van der Waals surface area contributed by atoms with Crippen LogP contribution in [0.1, 0.15) is 47.3 Å². The van der Waals surface area contributed by atoms with Crippen LogP contribution in [-0.2, 0) is 24.0 Å².